The standard InChI is InChI=1S/C22H22ClN3O4S/c1-3-29-21(27)11-18-14-31-22(25-18)26-24-12-15-7-8-19(20(10-15)28-2)30-13-16-5-4-6-17(23)9-16/h4-10,12,14H,3,11,13H2,1-2H3,(H,25,26). The second-order valence-electron chi connectivity index (χ2n) is 6.32. The molecule has 162 valence electrons. The molecule has 3 aromatic rings. The lowest BCUT2D eigenvalue weighted by atomic mass is 10.2. The summed E-state index contributed by atoms with van der Waals surface area (Å²) < 4.78 is 16.2. The van der Waals surface area contributed by atoms with Crippen molar-refractivity contribution in [3.8, 4) is 11.5 Å². The second-order valence-corrected chi connectivity index (χ2v) is 7.62. The van der Waals surface area contributed by atoms with E-state index in [0.29, 0.717) is 40.6 Å². The van der Waals surface area contributed by atoms with Gasteiger partial charge in [0.2, 0.25) is 5.13 Å². The highest BCUT2D eigenvalue weighted by Gasteiger charge is 2.08. The number of anilines is 1. The number of carbonyl (C=O) groups is 1. The number of hydrazone groups is 1. The molecule has 0 saturated heterocycles. The van der Waals surface area contributed by atoms with E-state index >= 15 is 0 Å². The molecule has 0 bridgehead atoms. The van der Waals surface area contributed by atoms with Crippen molar-refractivity contribution < 1.29 is 19.0 Å². The minimum atomic E-state index is -0.299. The summed E-state index contributed by atoms with van der Waals surface area (Å²) in [4.78, 5) is 15.8. The fourth-order valence-electron chi connectivity index (χ4n) is 2.63. The van der Waals surface area contributed by atoms with Gasteiger partial charge in [0.15, 0.2) is 11.5 Å². The van der Waals surface area contributed by atoms with Gasteiger partial charge in [0.1, 0.15) is 6.61 Å². The third kappa shape index (κ3) is 6.97. The molecule has 2 aromatic carbocycles. The minimum absolute atomic E-state index is 0.142. The minimum Gasteiger partial charge on any atom is -0.493 e. The molecular weight excluding hydrogens is 438 g/mol. The summed E-state index contributed by atoms with van der Waals surface area (Å²) in [7, 11) is 1.58. The monoisotopic (exact) mass is 459 g/mol. The van der Waals surface area contributed by atoms with Gasteiger partial charge in [-0.3, -0.25) is 10.2 Å². The second kappa shape index (κ2) is 11.3. The van der Waals surface area contributed by atoms with Crippen LogP contribution < -0.4 is 14.9 Å². The summed E-state index contributed by atoms with van der Waals surface area (Å²) in [5.41, 5.74) is 5.30. The molecule has 3 rings (SSSR count). The number of carbonyl (C=O) groups excluding carboxylic acids is 1. The van der Waals surface area contributed by atoms with Crippen LogP contribution in [0.5, 0.6) is 11.5 Å². The Kier molecular flexibility index (Phi) is 8.26. The van der Waals surface area contributed by atoms with E-state index in [4.69, 9.17) is 25.8 Å². The molecular formula is C22H22ClN3O4S. The average molecular weight is 460 g/mol. The molecule has 0 fully saturated rings. The van der Waals surface area contributed by atoms with Gasteiger partial charge in [-0.1, -0.05) is 23.7 Å². The largest absolute Gasteiger partial charge is 0.493 e. The van der Waals surface area contributed by atoms with Crippen molar-refractivity contribution in [3.63, 3.8) is 0 Å². The zero-order valence-electron chi connectivity index (χ0n) is 17.1. The van der Waals surface area contributed by atoms with Crippen molar-refractivity contribution in [2.24, 2.45) is 5.10 Å². The molecule has 31 heavy (non-hydrogen) atoms. The van der Waals surface area contributed by atoms with Crippen molar-refractivity contribution >= 4 is 40.3 Å². The normalized spacial score (nSPS) is 10.8. The Bertz CT molecular complexity index is 1050. The van der Waals surface area contributed by atoms with Gasteiger partial charge in [-0.15, -0.1) is 11.3 Å². The number of hydrogen-bond acceptors (Lipinski definition) is 8. The van der Waals surface area contributed by atoms with E-state index in [2.05, 4.69) is 15.5 Å². The van der Waals surface area contributed by atoms with Gasteiger partial charge in [0.05, 0.1) is 32.0 Å². The lowest BCUT2D eigenvalue weighted by molar-refractivity contribution is -0.142. The Morgan fingerprint density at radius 1 is 1.26 bits per heavy atom. The Morgan fingerprint density at radius 3 is 2.90 bits per heavy atom. The third-order valence-electron chi connectivity index (χ3n) is 4.03. The quantitative estimate of drug-likeness (QED) is 0.263. The van der Waals surface area contributed by atoms with Crippen molar-refractivity contribution in [2.75, 3.05) is 19.1 Å². The van der Waals surface area contributed by atoms with Gasteiger partial charge in [-0.2, -0.15) is 5.10 Å². The summed E-state index contributed by atoms with van der Waals surface area (Å²) in [6, 6.07) is 13.0. The number of halogens is 1. The number of nitrogens with one attached hydrogen (secondary N) is 1. The molecule has 0 aliphatic carbocycles. The molecule has 9 heteroatoms. The van der Waals surface area contributed by atoms with Gasteiger partial charge in [0, 0.05) is 10.4 Å². The number of hydrogen-bond donors (Lipinski definition) is 1. The van der Waals surface area contributed by atoms with Crippen molar-refractivity contribution in [3.05, 3.63) is 69.7 Å². The molecule has 0 amide bonds. The predicted octanol–water partition coefficient (Wildman–Crippen LogP) is 4.94. The average Bonchev–Trinajstić information content (AvgIpc) is 3.19. The maximum Gasteiger partial charge on any atom is 0.311 e. The fraction of sp³-hybridized carbons (Fsp3) is 0.227. The summed E-state index contributed by atoms with van der Waals surface area (Å²) >= 11 is 7.37. The third-order valence-corrected chi connectivity index (χ3v) is 5.06. The number of nitrogens with zero attached hydrogens (tertiary/aromatic N) is 2. The maximum absolute atomic E-state index is 11.5. The molecule has 0 unspecified atom stereocenters. The topological polar surface area (TPSA) is 82.0 Å². The molecule has 0 aliphatic rings. The van der Waals surface area contributed by atoms with E-state index in [-0.39, 0.29) is 12.4 Å². The first-order chi connectivity index (χ1) is 15.1. The molecule has 1 aromatic heterocycles. The van der Waals surface area contributed by atoms with Gasteiger partial charge >= 0.3 is 5.97 Å². The lowest BCUT2D eigenvalue weighted by Gasteiger charge is -2.11. The van der Waals surface area contributed by atoms with Crippen LogP contribution >= 0.6 is 22.9 Å². The fourth-order valence-corrected chi connectivity index (χ4v) is 3.50. The highest BCUT2D eigenvalue weighted by Crippen LogP contribution is 2.28. The van der Waals surface area contributed by atoms with E-state index in [0.717, 1.165) is 11.1 Å². The Labute approximate surface area is 189 Å². The van der Waals surface area contributed by atoms with Gasteiger partial charge in [0.25, 0.3) is 0 Å². The van der Waals surface area contributed by atoms with Gasteiger partial charge in [-0.05, 0) is 48.4 Å². The first-order valence-electron chi connectivity index (χ1n) is 9.51. The molecule has 0 radical (unpaired) electrons. The van der Waals surface area contributed by atoms with Crippen LogP contribution in [0.3, 0.4) is 0 Å². The van der Waals surface area contributed by atoms with E-state index in [9.17, 15) is 4.79 Å². The predicted molar refractivity (Wildman–Crippen MR) is 122 cm³/mol. The number of thiazole rings is 1. The first kappa shape index (κ1) is 22.6. The summed E-state index contributed by atoms with van der Waals surface area (Å²) in [5, 5.41) is 7.24. The van der Waals surface area contributed by atoms with Crippen molar-refractivity contribution in [1.29, 1.82) is 0 Å². The van der Waals surface area contributed by atoms with Crippen molar-refractivity contribution in [1.82, 2.24) is 4.98 Å². The highest BCUT2D eigenvalue weighted by molar-refractivity contribution is 7.13. The summed E-state index contributed by atoms with van der Waals surface area (Å²) in [6.45, 7) is 2.50. The lowest BCUT2D eigenvalue weighted by Crippen LogP contribution is -2.07. The first-order valence-corrected chi connectivity index (χ1v) is 10.8. The van der Waals surface area contributed by atoms with Gasteiger partial charge < -0.3 is 14.2 Å². The molecule has 0 aliphatic heterocycles. The van der Waals surface area contributed by atoms with E-state index in [1.165, 1.54) is 11.3 Å². The summed E-state index contributed by atoms with van der Waals surface area (Å²) in [6.07, 6.45) is 1.79. The van der Waals surface area contributed by atoms with Crippen LogP contribution in [0.15, 0.2) is 52.9 Å². The number of aromatic nitrogens is 1. The number of rotatable bonds is 10. The van der Waals surface area contributed by atoms with Crippen LogP contribution in [0.25, 0.3) is 0 Å². The van der Waals surface area contributed by atoms with E-state index < -0.39 is 0 Å². The number of methoxy groups -OCH3 is 1. The Balaban J connectivity index is 1.57. The molecule has 0 saturated carbocycles. The van der Waals surface area contributed by atoms with E-state index in [1.54, 1.807) is 25.6 Å². The zero-order valence-corrected chi connectivity index (χ0v) is 18.7. The molecule has 1 N–H and O–H groups in total. The van der Waals surface area contributed by atoms with E-state index in [1.807, 2.05) is 42.5 Å². The van der Waals surface area contributed by atoms with Crippen LogP contribution in [0.1, 0.15) is 23.7 Å². The number of esters is 1. The van der Waals surface area contributed by atoms with Crippen molar-refractivity contribution in [2.45, 2.75) is 20.0 Å². The van der Waals surface area contributed by atoms with Gasteiger partial charge in [-0.25, -0.2) is 4.98 Å². The summed E-state index contributed by atoms with van der Waals surface area (Å²) in [5.74, 6) is 0.917. The molecule has 7 nitrogen and oxygen atoms in total. The van der Waals surface area contributed by atoms with Crippen LogP contribution in [-0.2, 0) is 22.6 Å². The highest BCUT2D eigenvalue weighted by atomic mass is 35.5. The van der Waals surface area contributed by atoms with Crippen LogP contribution in [0.2, 0.25) is 5.02 Å². The molecule has 1 heterocycles. The smallest absolute Gasteiger partial charge is 0.311 e. The Morgan fingerprint density at radius 2 is 2.13 bits per heavy atom. The molecule has 0 spiro atoms. The zero-order chi connectivity index (χ0) is 22.1. The van der Waals surface area contributed by atoms with Crippen LogP contribution in [0.4, 0.5) is 5.13 Å². The maximum atomic E-state index is 11.5. The number of ether oxygens (including phenoxy) is 3. The van der Waals surface area contributed by atoms with Crippen LogP contribution in [0, 0.1) is 0 Å². The Hall–Kier alpha value is -3.10. The SMILES string of the molecule is CCOC(=O)Cc1csc(NN=Cc2ccc(OCc3cccc(Cl)c3)c(OC)c2)n1. The molecule has 0 atom stereocenters. The van der Waals surface area contributed by atoms with Crippen LogP contribution in [-0.4, -0.2) is 30.9 Å². The number of benzene rings is 2.